The van der Waals surface area contributed by atoms with Crippen molar-refractivity contribution in [3.63, 3.8) is 0 Å². The van der Waals surface area contributed by atoms with E-state index in [2.05, 4.69) is 165 Å². The molecule has 1 aliphatic heterocycles. The van der Waals surface area contributed by atoms with Gasteiger partial charge in [0.2, 0.25) is 0 Å². The zero-order valence-corrected chi connectivity index (χ0v) is 26.8. The molecule has 0 bridgehead atoms. The first-order chi connectivity index (χ1) is 20.3. The number of benzene rings is 5. The van der Waals surface area contributed by atoms with Crippen LogP contribution in [0.2, 0.25) is 0 Å². The van der Waals surface area contributed by atoms with Crippen LogP contribution in [0.4, 0.5) is 0 Å². The second-order valence-electron chi connectivity index (χ2n) is 15.0. The van der Waals surface area contributed by atoms with Gasteiger partial charge < -0.3 is 4.74 Å². The van der Waals surface area contributed by atoms with Crippen molar-refractivity contribution in [2.45, 2.75) is 77.2 Å². The number of rotatable bonds is 2. The van der Waals surface area contributed by atoms with E-state index in [1.807, 2.05) is 0 Å². The highest BCUT2D eigenvalue weighted by molar-refractivity contribution is 6.08. The summed E-state index contributed by atoms with van der Waals surface area (Å²) in [7, 11) is 0. The normalized spacial score (nSPS) is 16.4. The van der Waals surface area contributed by atoms with Crippen molar-refractivity contribution >= 4 is 16.8 Å². The molecule has 0 N–H and O–H groups in total. The summed E-state index contributed by atoms with van der Waals surface area (Å²) in [5.41, 5.74) is 10.8. The minimum atomic E-state index is -0.758. The van der Waals surface area contributed by atoms with Crippen LogP contribution in [0.15, 0.2) is 103 Å². The third-order valence-corrected chi connectivity index (χ3v) is 9.81. The minimum absolute atomic E-state index is 0.0766. The van der Waals surface area contributed by atoms with Gasteiger partial charge in [-0.15, -0.1) is 0 Å². The number of fused-ring (bicyclic) bond motifs is 8. The zero-order chi connectivity index (χ0) is 30.4. The van der Waals surface area contributed by atoms with Gasteiger partial charge in [0.15, 0.2) is 5.60 Å². The van der Waals surface area contributed by atoms with Crippen molar-refractivity contribution in [3.8, 4) is 16.9 Å². The molecule has 0 aromatic heterocycles. The maximum absolute atomic E-state index is 7.49. The van der Waals surface area contributed by atoms with E-state index in [0.717, 1.165) is 22.3 Å². The lowest BCUT2D eigenvalue weighted by atomic mass is 9.76. The average Bonchev–Trinajstić information content (AvgIpc) is 3.23. The topological polar surface area (TPSA) is 9.23 Å². The highest BCUT2D eigenvalue weighted by Crippen LogP contribution is 2.58. The summed E-state index contributed by atoms with van der Waals surface area (Å²) in [5, 5.41) is 2.42. The molecule has 0 atom stereocenters. The number of hydrogen-bond donors (Lipinski definition) is 0. The Kier molecular flexibility index (Phi) is 5.93. The number of ether oxygens (including phenoxy) is 1. The van der Waals surface area contributed by atoms with Gasteiger partial charge in [-0.25, -0.2) is 0 Å². The van der Waals surface area contributed by atoms with Crippen molar-refractivity contribution < 1.29 is 4.74 Å². The standard InChI is InChI=1S/C42H42O/c1-39(2,3)27-17-21-29(22-18-27)42(30-23-19-28(20-24-30)40(4,5)6)26-25-34-37-36(31-13-9-10-14-32(31)38(34)43-42)33-15-11-12-16-35(33)41(37,7)8/h9-26H,1-8H3. The van der Waals surface area contributed by atoms with Gasteiger partial charge >= 0.3 is 0 Å². The molecule has 0 amide bonds. The van der Waals surface area contributed by atoms with E-state index in [1.165, 1.54) is 44.3 Å². The van der Waals surface area contributed by atoms with Gasteiger partial charge in [-0.1, -0.05) is 159 Å². The molecule has 7 rings (SSSR count). The van der Waals surface area contributed by atoms with Crippen molar-refractivity contribution in [1.82, 2.24) is 0 Å². The van der Waals surface area contributed by atoms with Crippen LogP contribution in [0.1, 0.15) is 94.3 Å². The summed E-state index contributed by atoms with van der Waals surface area (Å²) >= 11 is 0. The van der Waals surface area contributed by atoms with Crippen LogP contribution in [0.3, 0.4) is 0 Å². The second-order valence-corrected chi connectivity index (χ2v) is 15.0. The molecule has 0 radical (unpaired) electrons. The molecule has 2 aliphatic rings. The molecule has 5 aromatic carbocycles. The average molecular weight is 563 g/mol. The monoisotopic (exact) mass is 562 g/mol. The molecule has 216 valence electrons. The van der Waals surface area contributed by atoms with E-state index in [1.54, 1.807) is 0 Å². The Morgan fingerprint density at radius 1 is 0.581 bits per heavy atom. The zero-order valence-electron chi connectivity index (χ0n) is 26.8. The van der Waals surface area contributed by atoms with E-state index in [4.69, 9.17) is 4.74 Å². The largest absolute Gasteiger partial charge is 0.472 e. The Balaban J connectivity index is 1.50. The van der Waals surface area contributed by atoms with Crippen LogP contribution >= 0.6 is 0 Å². The van der Waals surface area contributed by atoms with Crippen molar-refractivity contribution in [2.75, 3.05) is 0 Å². The lowest BCUT2D eigenvalue weighted by Gasteiger charge is -2.39. The molecule has 1 nitrogen and oxygen atoms in total. The van der Waals surface area contributed by atoms with Gasteiger partial charge in [0.25, 0.3) is 0 Å². The maximum atomic E-state index is 7.49. The number of hydrogen-bond acceptors (Lipinski definition) is 1. The lowest BCUT2D eigenvalue weighted by Crippen LogP contribution is -2.35. The SMILES string of the molecule is CC(C)(C)c1ccc(C2(c3ccc(C(C)(C)C)cc3)C=Cc3c4c(c5ccccc5c3O2)-c2ccccc2C4(C)C)cc1. The molecule has 5 aromatic rings. The van der Waals surface area contributed by atoms with Crippen molar-refractivity contribution in [1.29, 1.82) is 0 Å². The summed E-state index contributed by atoms with van der Waals surface area (Å²) in [5.74, 6) is 0.970. The Hall–Kier alpha value is -4.10. The summed E-state index contributed by atoms with van der Waals surface area (Å²) < 4.78 is 7.49. The predicted molar refractivity (Wildman–Crippen MR) is 182 cm³/mol. The van der Waals surface area contributed by atoms with Crippen LogP contribution < -0.4 is 4.74 Å². The van der Waals surface area contributed by atoms with Gasteiger partial charge in [0.1, 0.15) is 5.75 Å². The molecule has 1 heteroatoms. The van der Waals surface area contributed by atoms with Gasteiger partial charge in [-0.2, -0.15) is 0 Å². The van der Waals surface area contributed by atoms with Crippen molar-refractivity contribution in [3.05, 3.63) is 142 Å². The Bertz CT molecular complexity index is 1850. The minimum Gasteiger partial charge on any atom is -0.472 e. The Morgan fingerprint density at radius 3 is 1.65 bits per heavy atom. The van der Waals surface area contributed by atoms with Crippen LogP contribution in [-0.2, 0) is 21.8 Å². The quantitative estimate of drug-likeness (QED) is 0.208. The molecule has 0 saturated carbocycles. The molecule has 0 unspecified atom stereocenters. The Morgan fingerprint density at radius 2 is 1.09 bits per heavy atom. The molecule has 0 spiro atoms. The fourth-order valence-electron chi connectivity index (χ4n) is 7.31. The molecular weight excluding hydrogens is 520 g/mol. The van der Waals surface area contributed by atoms with E-state index in [-0.39, 0.29) is 16.2 Å². The van der Waals surface area contributed by atoms with E-state index in [0.29, 0.717) is 0 Å². The molecule has 0 fully saturated rings. The third kappa shape index (κ3) is 4.12. The summed E-state index contributed by atoms with van der Waals surface area (Å²) in [6.45, 7) is 18.3. The molecule has 43 heavy (non-hydrogen) atoms. The first-order valence-electron chi connectivity index (χ1n) is 15.6. The van der Waals surface area contributed by atoms with Crippen molar-refractivity contribution in [2.24, 2.45) is 0 Å². The molecule has 0 saturated heterocycles. The maximum Gasteiger partial charge on any atom is 0.178 e. The molecular formula is C42H42O. The summed E-state index contributed by atoms with van der Waals surface area (Å²) in [6, 6.07) is 35.9. The fourth-order valence-corrected chi connectivity index (χ4v) is 7.31. The highest BCUT2D eigenvalue weighted by atomic mass is 16.5. The Labute approximate surface area is 257 Å². The van der Waals surface area contributed by atoms with Crippen LogP contribution in [0, 0.1) is 0 Å². The fraction of sp³-hybridized carbons (Fsp3) is 0.286. The molecule has 1 heterocycles. The van der Waals surface area contributed by atoms with E-state index in [9.17, 15) is 0 Å². The molecule has 1 aliphatic carbocycles. The second kappa shape index (κ2) is 9.20. The first-order valence-corrected chi connectivity index (χ1v) is 15.6. The van der Waals surface area contributed by atoms with Crippen LogP contribution in [0.5, 0.6) is 5.75 Å². The van der Waals surface area contributed by atoms with Crippen LogP contribution in [0.25, 0.3) is 28.0 Å². The van der Waals surface area contributed by atoms with Gasteiger partial charge in [-0.3, -0.25) is 0 Å². The summed E-state index contributed by atoms with van der Waals surface area (Å²) in [4.78, 5) is 0. The van der Waals surface area contributed by atoms with E-state index >= 15 is 0 Å². The van der Waals surface area contributed by atoms with Crippen LogP contribution in [-0.4, -0.2) is 0 Å². The predicted octanol–water partition coefficient (Wildman–Crippen LogP) is 11.1. The smallest absolute Gasteiger partial charge is 0.178 e. The highest BCUT2D eigenvalue weighted by Gasteiger charge is 2.44. The van der Waals surface area contributed by atoms with E-state index < -0.39 is 5.60 Å². The third-order valence-electron chi connectivity index (χ3n) is 9.81. The summed E-state index contributed by atoms with van der Waals surface area (Å²) in [6.07, 6.45) is 4.66. The van der Waals surface area contributed by atoms with Gasteiger partial charge in [0, 0.05) is 27.5 Å². The first kappa shape index (κ1) is 27.7. The van der Waals surface area contributed by atoms with Gasteiger partial charge in [-0.05, 0) is 55.7 Å². The lowest BCUT2D eigenvalue weighted by molar-refractivity contribution is 0.163. The van der Waals surface area contributed by atoms with Gasteiger partial charge in [0.05, 0.1) is 0 Å².